The van der Waals surface area contributed by atoms with Gasteiger partial charge >= 0.3 is 0 Å². The highest BCUT2D eigenvalue weighted by Gasteiger charge is 2.69. The number of thiazole rings is 1. The molecule has 0 aromatic carbocycles. The first-order valence-electron chi connectivity index (χ1n) is 11.6. The van der Waals surface area contributed by atoms with E-state index in [0.717, 1.165) is 34.5 Å². The van der Waals surface area contributed by atoms with Crippen LogP contribution in [-0.4, -0.2) is 68.9 Å². The zero-order chi connectivity index (χ0) is 25.2. The quantitative estimate of drug-likeness (QED) is 0.397. The van der Waals surface area contributed by atoms with Gasteiger partial charge in [0.05, 0.1) is 17.4 Å². The Morgan fingerprint density at radius 2 is 2.06 bits per heavy atom. The van der Waals surface area contributed by atoms with E-state index in [0.29, 0.717) is 34.7 Å². The molecule has 1 aliphatic heterocycles. The van der Waals surface area contributed by atoms with Gasteiger partial charge in [0.1, 0.15) is 21.5 Å². The lowest BCUT2D eigenvalue weighted by Crippen LogP contribution is -2.35. The van der Waals surface area contributed by atoms with Gasteiger partial charge in [-0.1, -0.05) is 23.4 Å². The van der Waals surface area contributed by atoms with Gasteiger partial charge in [-0.25, -0.2) is 19.9 Å². The Kier molecular flexibility index (Phi) is 5.71. The van der Waals surface area contributed by atoms with Crippen LogP contribution < -0.4 is 10.6 Å². The molecule has 36 heavy (non-hydrogen) atoms. The van der Waals surface area contributed by atoms with E-state index in [1.165, 1.54) is 21.7 Å². The molecule has 0 bridgehead atoms. The minimum atomic E-state index is -0.171. The molecule has 6 rings (SSSR count). The van der Waals surface area contributed by atoms with Crippen LogP contribution in [0.3, 0.4) is 0 Å². The number of pyridine rings is 1. The lowest BCUT2D eigenvalue weighted by molar-refractivity contribution is 0.0822. The number of aryl methyl sites for hydroxylation is 1. The van der Waals surface area contributed by atoms with Crippen LogP contribution in [0.4, 0.5) is 5.82 Å². The van der Waals surface area contributed by atoms with Crippen LogP contribution in [0.5, 0.6) is 0 Å². The molecule has 2 aliphatic rings. The van der Waals surface area contributed by atoms with Crippen LogP contribution >= 0.6 is 34.7 Å². The second kappa shape index (κ2) is 8.69. The average molecular weight is 541 g/mol. The molecule has 3 atom stereocenters. The molecule has 1 amide bonds. The fourth-order valence-electron chi connectivity index (χ4n) is 5.25. The molecule has 0 unspecified atom stereocenters. The number of fused-ring (bicyclic) bond motifs is 2. The molecule has 2 N–H and O–H groups in total. The van der Waals surface area contributed by atoms with Crippen molar-refractivity contribution in [1.29, 1.82) is 0 Å². The summed E-state index contributed by atoms with van der Waals surface area (Å²) >= 11 is 9.79. The zero-order valence-corrected chi connectivity index (χ0v) is 22.4. The summed E-state index contributed by atoms with van der Waals surface area (Å²) < 4.78 is 1.75. The number of anilines is 1. The number of nitrogens with zero attached hydrogens (tertiary/aromatic N) is 7. The Morgan fingerprint density at radius 1 is 1.28 bits per heavy atom. The highest BCUT2D eigenvalue weighted by Crippen LogP contribution is 2.63. The van der Waals surface area contributed by atoms with Crippen molar-refractivity contribution in [2.75, 3.05) is 38.6 Å². The topological polar surface area (TPSA) is 106 Å². The summed E-state index contributed by atoms with van der Waals surface area (Å²) in [5.41, 5.74) is 8.21. The van der Waals surface area contributed by atoms with Crippen molar-refractivity contribution in [3.8, 4) is 0 Å². The lowest BCUT2D eigenvalue weighted by atomic mass is 10.0. The Hall–Kier alpha value is -2.73. The number of nitrogens with two attached hydrogens (primary N) is 1. The van der Waals surface area contributed by atoms with Gasteiger partial charge in [0.15, 0.2) is 5.65 Å². The molecular weight excluding hydrogens is 516 g/mol. The number of amides is 1. The molecule has 0 spiro atoms. The van der Waals surface area contributed by atoms with Crippen LogP contribution in [0, 0.1) is 18.8 Å². The van der Waals surface area contributed by atoms with Crippen molar-refractivity contribution < 1.29 is 4.79 Å². The maximum Gasteiger partial charge on any atom is 0.273 e. The number of carbonyl (C=O) groups excluding carboxylic acids is 1. The first-order valence-corrected chi connectivity index (χ1v) is 13.7. The maximum absolute atomic E-state index is 12.3. The summed E-state index contributed by atoms with van der Waals surface area (Å²) in [5, 5.41) is 4.50. The first kappa shape index (κ1) is 23.7. The highest BCUT2D eigenvalue weighted by molar-refractivity contribution is 7.99. The average Bonchev–Trinajstić information content (AvgIpc) is 3.37. The monoisotopic (exact) mass is 540 g/mol. The third-order valence-corrected chi connectivity index (χ3v) is 9.82. The molecule has 1 saturated heterocycles. The van der Waals surface area contributed by atoms with Crippen molar-refractivity contribution in [2.45, 2.75) is 22.3 Å². The van der Waals surface area contributed by atoms with E-state index in [9.17, 15) is 4.79 Å². The summed E-state index contributed by atoms with van der Waals surface area (Å²) in [5.74, 6) is 1.71. The van der Waals surface area contributed by atoms with E-state index < -0.39 is 0 Å². The summed E-state index contributed by atoms with van der Waals surface area (Å²) in [7, 11) is 3.39. The molecule has 5 heterocycles. The molecule has 2 fully saturated rings. The molecule has 1 saturated carbocycles. The lowest BCUT2D eigenvalue weighted by Gasteiger charge is -2.25. The Bertz CT molecular complexity index is 1450. The van der Waals surface area contributed by atoms with Gasteiger partial charge in [-0.05, 0) is 24.8 Å². The van der Waals surface area contributed by atoms with Gasteiger partial charge in [-0.2, -0.15) is 0 Å². The van der Waals surface area contributed by atoms with Crippen LogP contribution in [0.1, 0.15) is 21.2 Å². The molecule has 9 nitrogen and oxygen atoms in total. The summed E-state index contributed by atoms with van der Waals surface area (Å²) in [6, 6.07) is 1.89. The fraction of sp³-hybridized carbons (Fsp3) is 0.375. The van der Waals surface area contributed by atoms with Gasteiger partial charge < -0.3 is 19.9 Å². The third kappa shape index (κ3) is 3.68. The molecule has 4 aromatic heterocycles. The van der Waals surface area contributed by atoms with Crippen LogP contribution in [0.2, 0.25) is 5.02 Å². The van der Waals surface area contributed by atoms with Crippen LogP contribution in [0.15, 0.2) is 46.2 Å². The predicted molar refractivity (Wildman–Crippen MR) is 141 cm³/mol. The second-order valence-electron chi connectivity index (χ2n) is 9.52. The van der Waals surface area contributed by atoms with Crippen molar-refractivity contribution >= 4 is 52.1 Å². The molecule has 4 aromatic rings. The summed E-state index contributed by atoms with van der Waals surface area (Å²) in [6.45, 7) is 4.50. The van der Waals surface area contributed by atoms with Gasteiger partial charge in [0.25, 0.3) is 5.91 Å². The van der Waals surface area contributed by atoms with Crippen molar-refractivity contribution in [1.82, 2.24) is 29.2 Å². The minimum Gasteiger partial charge on any atom is -0.355 e. The van der Waals surface area contributed by atoms with Crippen LogP contribution in [-0.2, 0) is 5.41 Å². The molecule has 12 heteroatoms. The molecule has 1 aliphatic carbocycles. The number of piperidine rings is 1. The smallest absolute Gasteiger partial charge is 0.273 e. The van der Waals surface area contributed by atoms with E-state index in [2.05, 4.69) is 25.2 Å². The van der Waals surface area contributed by atoms with Gasteiger partial charge in [-0.15, -0.1) is 11.3 Å². The number of imidazole rings is 1. The Balaban J connectivity index is 1.15. The number of halogens is 1. The molecule has 186 valence electrons. The number of rotatable bonds is 6. The van der Waals surface area contributed by atoms with E-state index in [1.807, 2.05) is 25.4 Å². The van der Waals surface area contributed by atoms with Crippen molar-refractivity contribution in [2.24, 2.45) is 17.6 Å². The summed E-state index contributed by atoms with van der Waals surface area (Å²) in [6.07, 6.45) is 7.12. The van der Waals surface area contributed by atoms with E-state index in [-0.39, 0.29) is 11.3 Å². The number of hydrogen-bond donors (Lipinski definition) is 1. The van der Waals surface area contributed by atoms with Crippen molar-refractivity contribution in [3.63, 3.8) is 0 Å². The number of carbonyl (C=O) groups is 1. The number of hydrogen-bond acceptors (Lipinski definition) is 9. The van der Waals surface area contributed by atoms with E-state index in [4.69, 9.17) is 22.3 Å². The zero-order valence-electron chi connectivity index (χ0n) is 20.1. The Morgan fingerprint density at radius 3 is 2.67 bits per heavy atom. The minimum absolute atomic E-state index is 0.0257. The highest BCUT2D eigenvalue weighted by atomic mass is 35.5. The first-order chi connectivity index (χ1) is 17.3. The Labute approximate surface area is 221 Å². The van der Waals surface area contributed by atoms with Crippen molar-refractivity contribution in [3.05, 3.63) is 57.7 Å². The fourth-order valence-corrected chi connectivity index (χ4v) is 7.45. The maximum atomic E-state index is 12.3. The van der Waals surface area contributed by atoms with Gasteiger partial charge in [0, 0.05) is 67.5 Å². The number of aromatic nitrogens is 5. The molecular formula is C24H25ClN8OS2. The largest absolute Gasteiger partial charge is 0.355 e. The van der Waals surface area contributed by atoms with Gasteiger partial charge in [0.2, 0.25) is 0 Å². The predicted octanol–water partition coefficient (Wildman–Crippen LogP) is 3.36. The van der Waals surface area contributed by atoms with E-state index >= 15 is 0 Å². The van der Waals surface area contributed by atoms with Gasteiger partial charge in [-0.3, -0.25) is 4.79 Å². The standard InChI is InChI=1S/C24H25ClN8OS2/c1-13-11-35-23(29-13)24(12-26)14-8-33(9-15(14)24)18-6-28-19(7-27-18)36-17-4-5-32-10-16(22(34)31(2)3)30-21(32)20(17)25/h4-7,10-11,14-15H,8-9,12,26H2,1-3H3/t14-,15+,24-. The van der Waals surface area contributed by atoms with Crippen LogP contribution in [0.25, 0.3) is 5.65 Å². The normalized spacial score (nSPS) is 22.8. The summed E-state index contributed by atoms with van der Waals surface area (Å²) in [4.78, 5) is 35.3. The second-order valence-corrected chi connectivity index (χ2v) is 11.8. The molecule has 0 radical (unpaired) electrons. The van der Waals surface area contributed by atoms with E-state index in [1.54, 1.807) is 42.2 Å². The SMILES string of the molecule is Cc1csc([C@]2(CN)[C@@H]3CN(c4cnc(Sc5ccn6cc(C(=O)N(C)C)nc6c5Cl)cn4)C[C@@H]32)n1. The third-order valence-electron chi connectivity index (χ3n) is 7.20.